The molecule has 0 N–H and O–H groups in total. The first kappa shape index (κ1) is 46.5. The highest BCUT2D eigenvalue weighted by Crippen LogP contribution is 2.45. The number of alkyl halides is 18. The summed E-state index contributed by atoms with van der Waals surface area (Å²) in [6.07, 6.45) is -20.0. The molecule has 3 aliphatic carbocycles. The zero-order valence-corrected chi connectivity index (χ0v) is 29.4. The lowest BCUT2D eigenvalue weighted by Crippen LogP contribution is -2.65. The van der Waals surface area contributed by atoms with Crippen LogP contribution in [0.2, 0.25) is 0 Å². The lowest BCUT2D eigenvalue weighted by molar-refractivity contribution is -0.0887. The fraction of sp³-hybridized carbons (Fsp3) is 0.200. The lowest BCUT2D eigenvalue weighted by atomic mass is 10.0. The van der Waals surface area contributed by atoms with Crippen LogP contribution in [-0.4, -0.2) is 47.7 Å². The second kappa shape index (κ2) is 14.5. The molecule has 0 bridgehead atoms. The monoisotopic (exact) mass is 930 g/mol. The summed E-state index contributed by atoms with van der Waals surface area (Å²) in [7, 11) is -16.4. The van der Waals surface area contributed by atoms with Crippen LogP contribution in [-0.2, 0) is 32.4 Å². The van der Waals surface area contributed by atoms with E-state index in [0.717, 1.165) is 0 Å². The number of halogens is 18. The Morgan fingerprint density at radius 1 is 0.317 bits per heavy atom. The molecule has 1 aromatic carbocycles. The molecule has 0 saturated carbocycles. The van der Waals surface area contributed by atoms with Crippen molar-refractivity contribution in [1.29, 1.82) is 31.6 Å². The van der Waals surface area contributed by atoms with Crippen LogP contribution in [0.5, 0.6) is 0 Å². The summed E-state index contributed by atoms with van der Waals surface area (Å²) < 4.78 is 291. The quantitative estimate of drug-likeness (QED) is 0.410. The summed E-state index contributed by atoms with van der Waals surface area (Å²) in [6.45, 7) is 0. The SMILES string of the molecule is N#CC1=c2c3c(c4c(c2=C(C#N)C1=C(S(=O)C(F)(F)F)C(F)(F)F)=C(C#N)C(=C(S(=O)C(F)(F)F)C(F)(F)F)C=4C#N)=C(C#N)C(=C(S(=O)C(F)(F)F)C(F)(F)F)C=3C#N. The first-order valence-electron chi connectivity index (χ1n) is 14.0. The Balaban J connectivity index is 2.94. The zero-order valence-electron chi connectivity index (χ0n) is 26.9. The van der Waals surface area contributed by atoms with Crippen molar-refractivity contribution in [3.63, 3.8) is 0 Å². The second-order valence-electron chi connectivity index (χ2n) is 10.9. The molecule has 0 radical (unpaired) electrons. The zero-order chi connectivity index (χ0) is 46.4. The molecule has 0 saturated heterocycles. The van der Waals surface area contributed by atoms with Gasteiger partial charge in [-0.3, -0.25) is 0 Å². The summed E-state index contributed by atoms with van der Waals surface area (Å²) in [5.74, 6) is 0. The summed E-state index contributed by atoms with van der Waals surface area (Å²) >= 11 is 0. The number of allylic oxidation sites excluding steroid dienone is 6. The predicted octanol–water partition coefficient (Wildman–Crippen LogP) is 3.03. The fourth-order valence-corrected chi connectivity index (χ4v) is 8.59. The maximum absolute atomic E-state index is 14.5. The molecule has 4 rings (SSSR count). The molecule has 9 nitrogen and oxygen atoms in total. The smallest absolute Gasteiger partial charge is 0.245 e. The van der Waals surface area contributed by atoms with E-state index < -0.39 is 164 Å². The van der Waals surface area contributed by atoms with Gasteiger partial charge in [0, 0.05) is 48.0 Å². The van der Waals surface area contributed by atoms with Gasteiger partial charge in [0.2, 0.25) is 0 Å². The minimum atomic E-state index is -6.66. The minimum absolute atomic E-state index is 0.706. The molecule has 312 valence electrons. The van der Waals surface area contributed by atoms with Crippen LogP contribution in [0.4, 0.5) is 79.0 Å². The number of rotatable bonds is 3. The Labute approximate surface area is 322 Å². The van der Waals surface area contributed by atoms with Crippen LogP contribution < -0.4 is 31.3 Å². The average molecular weight is 931 g/mol. The third-order valence-corrected chi connectivity index (χ3v) is 11.5. The molecule has 3 aliphatic rings. The largest absolute Gasteiger partial charge is 0.475 e. The van der Waals surface area contributed by atoms with E-state index >= 15 is 0 Å². The van der Waals surface area contributed by atoms with E-state index in [0.29, 0.717) is 36.4 Å². The Kier molecular flexibility index (Phi) is 11.2. The highest BCUT2D eigenvalue weighted by atomic mass is 32.2. The van der Waals surface area contributed by atoms with Gasteiger partial charge in [0.05, 0.1) is 33.4 Å². The summed E-state index contributed by atoms with van der Waals surface area (Å²) in [4.78, 5) is -10.5. The van der Waals surface area contributed by atoms with Gasteiger partial charge in [0.1, 0.15) is 51.1 Å². The average Bonchev–Trinajstić information content (AvgIpc) is 3.69. The molecule has 0 heterocycles. The van der Waals surface area contributed by atoms with Gasteiger partial charge in [-0.15, -0.1) is 0 Å². The Hall–Kier alpha value is -6.21. The van der Waals surface area contributed by atoms with Gasteiger partial charge < -0.3 is 0 Å². The number of benzene rings is 1. The van der Waals surface area contributed by atoms with E-state index in [1.54, 1.807) is 0 Å². The van der Waals surface area contributed by atoms with Crippen LogP contribution in [0, 0.1) is 68.0 Å². The lowest BCUT2D eigenvalue weighted by Gasteiger charge is -2.17. The maximum atomic E-state index is 14.5. The molecule has 60 heavy (non-hydrogen) atoms. The van der Waals surface area contributed by atoms with Crippen molar-refractivity contribution in [3.05, 3.63) is 62.7 Å². The van der Waals surface area contributed by atoms with Gasteiger partial charge in [-0.2, -0.15) is 111 Å². The minimum Gasteiger partial charge on any atom is -0.245 e. The molecule has 30 heteroatoms. The Morgan fingerprint density at radius 3 is 0.533 bits per heavy atom. The third kappa shape index (κ3) is 7.04. The molecule has 0 fully saturated rings. The molecule has 0 spiro atoms. The predicted molar refractivity (Wildman–Crippen MR) is 160 cm³/mol. The van der Waals surface area contributed by atoms with Crippen molar-refractivity contribution < 1.29 is 91.7 Å². The van der Waals surface area contributed by atoms with Crippen molar-refractivity contribution in [2.24, 2.45) is 0 Å². The van der Waals surface area contributed by atoms with Gasteiger partial charge in [0.15, 0.2) is 32.4 Å². The van der Waals surface area contributed by atoms with Crippen LogP contribution in [0.1, 0.15) is 0 Å². The van der Waals surface area contributed by atoms with Crippen molar-refractivity contribution in [2.45, 2.75) is 35.1 Å². The van der Waals surface area contributed by atoms with Crippen LogP contribution in [0.25, 0.3) is 33.4 Å². The van der Waals surface area contributed by atoms with Gasteiger partial charge in [-0.05, 0) is 0 Å². The molecule has 0 amide bonds. The van der Waals surface area contributed by atoms with Gasteiger partial charge in [-0.1, -0.05) is 0 Å². The van der Waals surface area contributed by atoms with Crippen LogP contribution in [0.3, 0.4) is 0 Å². The molecule has 0 aliphatic heterocycles. The summed E-state index contributed by atoms with van der Waals surface area (Å²) in [6, 6.07) is 4.24. The molecule has 1 aromatic rings. The van der Waals surface area contributed by atoms with E-state index in [1.807, 2.05) is 0 Å². The molecule has 3 unspecified atom stereocenters. The maximum Gasteiger partial charge on any atom is 0.475 e. The standard InChI is InChI=1S/C30F18N6O3S3/c31-25(32,33)22(58(55)28(40,41)42)13-7(1-49)16-17(8(13)2-50)19-11(5-53)15(24(27(37,38)39)60(57)30(46,47)48)12(6-54)21(19)20-10(4-52)14(9(3-51)18(16)20)23(26(34,35)36)59(56)29(43,44)45. The summed E-state index contributed by atoms with van der Waals surface area (Å²) in [5.41, 5.74) is -40.5. The highest BCUT2D eigenvalue weighted by molar-refractivity contribution is 7.90. The first-order chi connectivity index (χ1) is 27.2. The molecule has 0 aromatic heterocycles. The Bertz CT molecular complexity index is 2610. The van der Waals surface area contributed by atoms with E-state index in [-0.39, 0.29) is 0 Å². The van der Waals surface area contributed by atoms with E-state index in [1.165, 1.54) is 0 Å². The summed E-state index contributed by atoms with van der Waals surface area (Å²) in [5, 5.41) is 48.9. The number of nitriles is 6. The second-order valence-corrected chi connectivity index (χ2v) is 15.1. The van der Waals surface area contributed by atoms with Crippen LogP contribution in [0.15, 0.2) is 31.4 Å². The fourth-order valence-electron chi connectivity index (χ4n) is 6.09. The van der Waals surface area contributed by atoms with Crippen molar-refractivity contribution in [3.8, 4) is 36.4 Å². The van der Waals surface area contributed by atoms with Crippen molar-refractivity contribution in [2.75, 3.05) is 0 Å². The third-order valence-electron chi connectivity index (χ3n) is 7.81. The van der Waals surface area contributed by atoms with Crippen molar-refractivity contribution >= 4 is 65.8 Å². The number of hydrogen-bond acceptors (Lipinski definition) is 9. The number of nitrogens with zero attached hydrogens (tertiary/aromatic N) is 6. The number of hydrogen-bond donors (Lipinski definition) is 0. The van der Waals surface area contributed by atoms with E-state index in [9.17, 15) is 123 Å². The normalized spacial score (nSPS) is 17.1. The van der Waals surface area contributed by atoms with Gasteiger partial charge >= 0.3 is 35.1 Å². The molecular weight excluding hydrogens is 931 g/mol. The van der Waals surface area contributed by atoms with Crippen molar-refractivity contribution in [1.82, 2.24) is 0 Å². The molecular formula is C30F18N6O3S3. The highest BCUT2D eigenvalue weighted by Gasteiger charge is 2.56. The van der Waals surface area contributed by atoms with Gasteiger partial charge in [0.25, 0.3) is 0 Å². The van der Waals surface area contributed by atoms with E-state index in [2.05, 4.69) is 0 Å². The van der Waals surface area contributed by atoms with Crippen LogP contribution >= 0.6 is 0 Å². The topological polar surface area (TPSA) is 194 Å². The number of fused-ring (bicyclic) bond motifs is 6. The van der Waals surface area contributed by atoms with E-state index in [4.69, 9.17) is 0 Å². The first-order valence-corrected chi connectivity index (χ1v) is 17.4. The molecule has 3 atom stereocenters. The Morgan fingerprint density at radius 2 is 0.450 bits per heavy atom. The van der Waals surface area contributed by atoms with Gasteiger partial charge in [-0.25, -0.2) is 12.6 Å².